The molecule has 0 aliphatic heterocycles. The van der Waals surface area contributed by atoms with Gasteiger partial charge in [0.05, 0.1) is 18.2 Å². The largest absolute Gasteiger partial charge is 0.467 e. The van der Waals surface area contributed by atoms with E-state index in [1.54, 1.807) is 0 Å². The molecule has 0 aliphatic carbocycles. The highest BCUT2D eigenvalue weighted by Gasteiger charge is 2.38. The number of alkyl halides is 6. The lowest BCUT2D eigenvalue weighted by Gasteiger charge is -2.20. The van der Waals surface area contributed by atoms with Gasteiger partial charge in [0, 0.05) is 5.56 Å². The molecule has 0 saturated heterocycles. The fraction of sp³-hybridized carbons (Fsp3) is 0.467. The number of amides is 1. The second kappa shape index (κ2) is 7.32. The fourth-order valence-electron chi connectivity index (χ4n) is 1.94. The number of carbonyl (C=O) groups excluding carboxylic acids is 2. The summed E-state index contributed by atoms with van der Waals surface area (Å²) >= 11 is 0. The summed E-state index contributed by atoms with van der Waals surface area (Å²) in [4.78, 5) is 23.7. The third kappa shape index (κ3) is 5.36. The maximum Gasteiger partial charge on any atom is 0.416 e. The highest BCUT2D eigenvalue weighted by Crippen LogP contribution is 2.36. The van der Waals surface area contributed by atoms with Crippen LogP contribution in [-0.4, -0.2) is 25.0 Å². The molecule has 0 aliphatic rings. The average Bonchev–Trinajstić information content (AvgIpc) is 2.49. The number of halogens is 6. The van der Waals surface area contributed by atoms with Gasteiger partial charge in [0.15, 0.2) is 0 Å². The fourth-order valence-corrected chi connectivity index (χ4v) is 1.94. The second-order valence-electron chi connectivity index (χ2n) is 5.51. The Bertz CT molecular complexity index is 619. The van der Waals surface area contributed by atoms with Gasteiger partial charge in [0.25, 0.3) is 5.91 Å². The molecule has 0 spiro atoms. The molecule has 1 N–H and O–H groups in total. The minimum absolute atomic E-state index is 0.0863. The minimum atomic E-state index is -5.07. The molecule has 1 unspecified atom stereocenters. The quantitative estimate of drug-likeness (QED) is 0.649. The van der Waals surface area contributed by atoms with E-state index in [1.165, 1.54) is 13.8 Å². The van der Waals surface area contributed by atoms with Crippen LogP contribution in [0.1, 0.15) is 35.3 Å². The first-order chi connectivity index (χ1) is 11.3. The standard InChI is InChI=1S/C15H15F6NO3/c1-7(2)11(13(24)25-3)22-12(23)8-4-9(14(16,17)18)6-10(5-8)15(19,20)21/h4-7,11H,1-3H3,(H,22,23). The van der Waals surface area contributed by atoms with Gasteiger partial charge in [-0.25, -0.2) is 4.79 Å². The number of methoxy groups -OCH3 is 1. The van der Waals surface area contributed by atoms with Crippen molar-refractivity contribution in [3.63, 3.8) is 0 Å². The van der Waals surface area contributed by atoms with E-state index < -0.39 is 52.9 Å². The van der Waals surface area contributed by atoms with Crippen molar-refractivity contribution in [2.45, 2.75) is 32.2 Å². The van der Waals surface area contributed by atoms with Crippen LogP contribution >= 0.6 is 0 Å². The molecular formula is C15H15F6NO3. The molecule has 0 radical (unpaired) electrons. The van der Waals surface area contributed by atoms with E-state index >= 15 is 0 Å². The van der Waals surface area contributed by atoms with E-state index in [-0.39, 0.29) is 6.07 Å². The SMILES string of the molecule is COC(=O)C(NC(=O)c1cc(C(F)(F)F)cc(C(F)(F)F)c1)C(C)C. The lowest BCUT2D eigenvalue weighted by atomic mass is 10.0. The van der Waals surface area contributed by atoms with Crippen molar-refractivity contribution in [1.82, 2.24) is 5.32 Å². The topological polar surface area (TPSA) is 55.4 Å². The van der Waals surface area contributed by atoms with Gasteiger partial charge in [-0.3, -0.25) is 4.79 Å². The van der Waals surface area contributed by atoms with Crippen molar-refractivity contribution < 1.29 is 40.7 Å². The smallest absolute Gasteiger partial charge is 0.416 e. The van der Waals surface area contributed by atoms with Gasteiger partial charge in [0.2, 0.25) is 0 Å². The Hall–Kier alpha value is -2.26. The zero-order valence-corrected chi connectivity index (χ0v) is 13.4. The van der Waals surface area contributed by atoms with Gasteiger partial charge in [-0.2, -0.15) is 26.3 Å². The highest BCUT2D eigenvalue weighted by atomic mass is 19.4. The first-order valence-corrected chi connectivity index (χ1v) is 6.95. The van der Waals surface area contributed by atoms with Crippen molar-refractivity contribution in [2.24, 2.45) is 5.92 Å². The van der Waals surface area contributed by atoms with Crippen LogP contribution in [0.3, 0.4) is 0 Å². The van der Waals surface area contributed by atoms with E-state index in [9.17, 15) is 35.9 Å². The lowest BCUT2D eigenvalue weighted by Crippen LogP contribution is -2.45. The zero-order chi connectivity index (χ0) is 19.6. The number of rotatable bonds is 4. The van der Waals surface area contributed by atoms with Gasteiger partial charge in [-0.05, 0) is 24.1 Å². The molecule has 140 valence electrons. The average molecular weight is 371 g/mol. The van der Waals surface area contributed by atoms with Crippen LogP contribution in [0.5, 0.6) is 0 Å². The van der Waals surface area contributed by atoms with Gasteiger partial charge in [-0.1, -0.05) is 13.8 Å². The van der Waals surface area contributed by atoms with Gasteiger partial charge < -0.3 is 10.1 Å². The Morgan fingerprint density at radius 3 is 1.72 bits per heavy atom. The molecule has 4 nitrogen and oxygen atoms in total. The molecule has 1 amide bonds. The lowest BCUT2D eigenvalue weighted by molar-refractivity contribution is -0.145. The third-order valence-electron chi connectivity index (χ3n) is 3.26. The van der Waals surface area contributed by atoms with E-state index in [1.807, 2.05) is 0 Å². The van der Waals surface area contributed by atoms with Crippen molar-refractivity contribution >= 4 is 11.9 Å². The first-order valence-electron chi connectivity index (χ1n) is 6.95. The van der Waals surface area contributed by atoms with Gasteiger partial charge in [-0.15, -0.1) is 0 Å². The molecule has 1 aromatic carbocycles. The molecule has 0 aromatic heterocycles. The highest BCUT2D eigenvalue weighted by molar-refractivity contribution is 5.97. The number of nitrogens with one attached hydrogen (secondary N) is 1. The van der Waals surface area contributed by atoms with Crippen LogP contribution in [0.2, 0.25) is 0 Å². The van der Waals surface area contributed by atoms with Gasteiger partial charge in [0.1, 0.15) is 6.04 Å². The van der Waals surface area contributed by atoms with E-state index in [0.29, 0.717) is 12.1 Å². The zero-order valence-electron chi connectivity index (χ0n) is 13.4. The number of hydrogen-bond donors (Lipinski definition) is 1. The summed E-state index contributed by atoms with van der Waals surface area (Å²) in [6.45, 7) is 3.05. The predicted molar refractivity (Wildman–Crippen MR) is 74.6 cm³/mol. The van der Waals surface area contributed by atoms with E-state index in [4.69, 9.17) is 0 Å². The molecule has 0 heterocycles. The summed E-state index contributed by atoms with van der Waals surface area (Å²) < 4.78 is 81.3. The summed E-state index contributed by atoms with van der Waals surface area (Å²) in [5.74, 6) is -2.61. The number of hydrogen-bond acceptors (Lipinski definition) is 3. The van der Waals surface area contributed by atoms with Crippen LogP contribution in [0, 0.1) is 5.92 Å². The second-order valence-corrected chi connectivity index (χ2v) is 5.51. The summed E-state index contributed by atoms with van der Waals surface area (Å²) in [7, 11) is 1.04. The first kappa shape index (κ1) is 20.8. The number of ether oxygens (including phenoxy) is 1. The van der Waals surface area contributed by atoms with Crippen LogP contribution in [0.4, 0.5) is 26.3 Å². The normalized spacial score (nSPS) is 13.5. The third-order valence-corrected chi connectivity index (χ3v) is 3.26. The van der Waals surface area contributed by atoms with E-state index in [2.05, 4.69) is 10.1 Å². The summed E-state index contributed by atoms with van der Waals surface area (Å²) in [6, 6.07) is -0.725. The molecule has 0 saturated carbocycles. The Balaban J connectivity index is 3.31. The van der Waals surface area contributed by atoms with Crippen molar-refractivity contribution in [2.75, 3.05) is 7.11 Å². The molecule has 0 bridgehead atoms. The molecular weight excluding hydrogens is 356 g/mol. The maximum absolute atomic E-state index is 12.8. The van der Waals surface area contributed by atoms with Crippen molar-refractivity contribution in [3.05, 3.63) is 34.9 Å². The molecule has 25 heavy (non-hydrogen) atoms. The Kier molecular flexibility index (Phi) is 6.09. The summed E-state index contributed by atoms with van der Waals surface area (Å²) in [6.07, 6.45) is -10.1. The number of carbonyl (C=O) groups is 2. The number of esters is 1. The van der Waals surface area contributed by atoms with Crippen LogP contribution in [0.25, 0.3) is 0 Å². The summed E-state index contributed by atoms with van der Waals surface area (Å²) in [5, 5.41) is 2.09. The number of benzene rings is 1. The monoisotopic (exact) mass is 371 g/mol. The molecule has 1 aromatic rings. The molecule has 1 rings (SSSR count). The minimum Gasteiger partial charge on any atom is -0.467 e. The Morgan fingerprint density at radius 1 is 0.960 bits per heavy atom. The van der Waals surface area contributed by atoms with E-state index in [0.717, 1.165) is 7.11 Å². The Morgan fingerprint density at radius 2 is 1.40 bits per heavy atom. The molecule has 0 fully saturated rings. The molecule has 10 heteroatoms. The van der Waals surface area contributed by atoms with Crippen LogP contribution in [0.15, 0.2) is 18.2 Å². The van der Waals surface area contributed by atoms with Crippen molar-refractivity contribution in [1.29, 1.82) is 0 Å². The maximum atomic E-state index is 12.8. The predicted octanol–water partition coefficient (Wildman–Crippen LogP) is 3.65. The molecule has 1 atom stereocenters. The Labute approximate surface area is 139 Å². The van der Waals surface area contributed by atoms with Crippen LogP contribution in [-0.2, 0) is 21.9 Å². The van der Waals surface area contributed by atoms with Crippen LogP contribution < -0.4 is 5.32 Å². The summed E-state index contributed by atoms with van der Waals surface area (Å²) in [5.41, 5.74) is -4.10. The van der Waals surface area contributed by atoms with Gasteiger partial charge >= 0.3 is 18.3 Å². The van der Waals surface area contributed by atoms with Crippen molar-refractivity contribution in [3.8, 4) is 0 Å².